The summed E-state index contributed by atoms with van der Waals surface area (Å²) in [6.45, 7) is 2.69. The third-order valence-corrected chi connectivity index (χ3v) is 6.98. The van der Waals surface area contributed by atoms with Gasteiger partial charge in [-0.05, 0) is 48.9 Å². The average molecular weight is 497 g/mol. The van der Waals surface area contributed by atoms with Crippen molar-refractivity contribution in [1.29, 1.82) is 0 Å². The predicted octanol–water partition coefficient (Wildman–Crippen LogP) is 3.08. The summed E-state index contributed by atoms with van der Waals surface area (Å²) in [5.74, 6) is -1.95. The van der Waals surface area contributed by atoms with E-state index in [0.717, 1.165) is 18.2 Å². The van der Waals surface area contributed by atoms with Gasteiger partial charge in [0.2, 0.25) is 10.0 Å². The quantitative estimate of drug-likeness (QED) is 0.467. The van der Waals surface area contributed by atoms with Gasteiger partial charge in [0.15, 0.2) is 6.10 Å². The SMILES string of the molecule is CC(OC(=O)/C=C/c1ccc(S(=O)(=O)N2CCOCC2)cc1)C(=O)Nc1ccc(F)cc1Cl. The first-order chi connectivity index (χ1) is 15.7. The third-order valence-electron chi connectivity index (χ3n) is 4.75. The third kappa shape index (κ3) is 6.61. The maximum Gasteiger partial charge on any atom is 0.331 e. The molecule has 1 aliphatic rings. The first kappa shape index (κ1) is 24.8. The Balaban J connectivity index is 1.55. The molecule has 1 N–H and O–H groups in total. The molecule has 1 aliphatic heterocycles. The number of carbonyl (C=O) groups excluding carboxylic acids is 2. The Bertz CT molecular complexity index is 1150. The summed E-state index contributed by atoms with van der Waals surface area (Å²) in [5.41, 5.74) is 0.761. The average Bonchev–Trinajstić information content (AvgIpc) is 2.80. The molecule has 8 nitrogen and oxygen atoms in total. The van der Waals surface area contributed by atoms with E-state index in [1.165, 1.54) is 35.5 Å². The number of anilines is 1. The molecule has 176 valence electrons. The predicted molar refractivity (Wildman–Crippen MR) is 121 cm³/mol. The van der Waals surface area contributed by atoms with E-state index in [-0.39, 0.29) is 15.6 Å². The lowest BCUT2D eigenvalue weighted by Gasteiger charge is -2.26. The lowest BCUT2D eigenvalue weighted by molar-refractivity contribution is -0.148. The van der Waals surface area contributed by atoms with Gasteiger partial charge in [0, 0.05) is 19.2 Å². The zero-order chi connectivity index (χ0) is 24.0. The van der Waals surface area contributed by atoms with E-state index in [0.29, 0.717) is 31.9 Å². The molecule has 1 amide bonds. The molecule has 1 atom stereocenters. The summed E-state index contributed by atoms with van der Waals surface area (Å²) in [6, 6.07) is 9.52. The number of hydrogen-bond acceptors (Lipinski definition) is 6. The number of halogens is 2. The van der Waals surface area contributed by atoms with Crippen molar-refractivity contribution in [3.05, 3.63) is 64.9 Å². The fourth-order valence-electron chi connectivity index (χ4n) is 2.94. The molecule has 1 heterocycles. The van der Waals surface area contributed by atoms with Crippen molar-refractivity contribution < 1.29 is 31.9 Å². The molecule has 2 aromatic carbocycles. The molecule has 2 aromatic rings. The van der Waals surface area contributed by atoms with E-state index < -0.39 is 33.8 Å². The molecule has 0 spiro atoms. The lowest BCUT2D eigenvalue weighted by Crippen LogP contribution is -2.40. The number of morpholine rings is 1. The highest BCUT2D eigenvalue weighted by Gasteiger charge is 2.26. The molecule has 3 rings (SSSR count). The Hall–Kier alpha value is -2.79. The number of benzene rings is 2. The molecular weight excluding hydrogens is 475 g/mol. The first-order valence-corrected chi connectivity index (χ1v) is 11.8. The number of sulfonamides is 1. The molecule has 1 unspecified atom stereocenters. The largest absolute Gasteiger partial charge is 0.449 e. The summed E-state index contributed by atoms with van der Waals surface area (Å²) >= 11 is 5.87. The Kier molecular flexibility index (Phi) is 8.20. The molecular formula is C22H22ClFN2O6S. The number of carbonyl (C=O) groups is 2. The number of hydrogen-bond donors (Lipinski definition) is 1. The molecule has 1 saturated heterocycles. The van der Waals surface area contributed by atoms with Crippen LogP contribution in [0.2, 0.25) is 5.02 Å². The van der Waals surface area contributed by atoms with Gasteiger partial charge in [-0.3, -0.25) is 4.79 Å². The number of esters is 1. The van der Waals surface area contributed by atoms with Crippen LogP contribution < -0.4 is 5.32 Å². The van der Waals surface area contributed by atoms with E-state index in [1.54, 1.807) is 12.1 Å². The fourth-order valence-corrected chi connectivity index (χ4v) is 4.57. The van der Waals surface area contributed by atoms with E-state index in [9.17, 15) is 22.4 Å². The molecule has 1 fully saturated rings. The van der Waals surface area contributed by atoms with E-state index in [1.807, 2.05) is 0 Å². The smallest absolute Gasteiger partial charge is 0.331 e. The molecule has 0 saturated carbocycles. The van der Waals surface area contributed by atoms with Crippen molar-refractivity contribution in [2.75, 3.05) is 31.6 Å². The number of ether oxygens (including phenoxy) is 2. The van der Waals surface area contributed by atoms with Crippen molar-refractivity contribution in [3.63, 3.8) is 0 Å². The van der Waals surface area contributed by atoms with Crippen LogP contribution in [0.4, 0.5) is 10.1 Å². The summed E-state index contributed by atoms with van der Waals surface area (Å²) in [6.07, 6.45) is 1.43. The minimum absolute atomic E-state index is 0.0147. The van der Waals surface area contributed by atoms with Gasteiger partial charge in [-0.1, -0.05) is 23.7 Å². The Labute approximate surface area is 196 Å². The van der Waals surface area contributed by atoms with Gasteiger partial charge < -0.3 is 14.8 Å². The van der Waals surface area contributed by atoms with Crippen molar-refractivity contribution in [2.24, 2.45) is 0 Å². The van der Waals surface area contributed by atoms with Gasteiger partial charge in [-0.2, -0.15) is 4.31 Å². The molecule has 33 heavy (non-hydrogen) atoms. The molecule has 11 heteroatoms. The maximum atomic E-state index is 13.1. The van der Waals surface area contributed by atoms with Crippen LogP contribution in [0.15, 0.2) is 53.4 Å². The van der Waals surface area contributed by atoms with Crippen LogP contribution in [0, 0.1) is 5.82 Å². The minimum Gasteiger partial charge on any atom is -0.449 e. The highest BCUT2D eigenvalue weighted by molar-refractivity contribution is 7.89. The number of amides is 1. The van der Waals surface area contributed by atoms with Gasteiger partial charge in [-0.15, -0.1) is 0 Å². The van der Waals surface area contributed by atoms with Gasteiger partial charge >= 0.3 is 5.97 Å². The van der Waals surface area contributed by atoms with Crippen LogP contribution in [0.5, 0.6) is 0 Å². The highest BCUT2D eigenvalue weighted by atomic mass is 35.5. The van der Waals surface area contributed by atoms with Crippen molar-refractivity contribution in [3.8, 4) is 0 Å². The van der Waals surface area contributed by atoms with Crippen molar-refractivity contribution in [2.45, 2.75) is 17.9 Å². The molecule has 0 bridgehead atoms. The van der Waals surface area contributed by atoms with Crippen LogP contribution in [-0.4, -0.2) is 57.0 Å². The van der Waals surface area contributed by atoms with E-state index in [4.69, 9.17) is 21.1 Å². The van der Waals surface area contributed by atoms with Gasteiger partial charge in [0.25, 0.3) is 5.91 Å². The first-order valence-electron chi connectivity index (χ1n) is 9.99. The summed E-state index contributed by atoms with van der Waals surface area (Å²) < 4.78 is 50.0. The van der Waals surface area contributed by atoms with E-state index in [2.05, 4.69) is 5.32 Å². The van der Waals surface area contributed by atoms with E-state index >= 15 is 0 Å². The fraction of sp³-hybridized carbons (Fsp3) is 0.273. The Morgan fingerprint density at radius 1 is 1.18 bits per heavy atom. The monoisotopic (exact) mass is 496 g/mol. The summed E-state index contributed by atoms with van der Waals surface area (Å²) in [5, 5.41) is 2.47. The van der Waals surface area contributed by atoms with Gasteiger partial charge in [0.1, 0.15) is 5.82 Å². The second kappa shape index (κ2) is 10.9. The lowest BCUT2D eigenvalue weighted by atomic mass is 10.2. The molecule has 0 aromatic heterocycles. The summed E-state index contributed by atoms with van der Waals surface area (Å²) in [7, 11) is -3.60. The Morgan fingerprint density at radius 3 is 2.48 bits per heavy atom. The standard InChI is InChI=1S/C22H22ClFN2O6S/c1-15(22(28)25-20-8-5-17(24)14-19(20)23)32-21(27)9-4-16-2-6-18(7-3-16)33(29,30)26-10-12-31-13-11-26/h2-9,14-15H,10-13H2,1H3,(H,25,28)/b9-4+. The zero-order valence-corrected chi connectivity index (χ0v) is 19.2. The minimum atomic E-state index is -3.60. The van der Waals surface area contributed by atoms with Crippen LogP contribution >= 0.6 is 11.6 Å². The normalized spacial score (nSPS) is 15.8. The summed E-state index contributed by atoms with van der Waals surface area (Å²) in [4.78, 5) is 24.4. The second-order valence-electron chi connectivity index (χ2n) is 7.11. The second-order valence-corrected chi connectivity index (χ2v) is 9.46. The van der Waals surface area contributed by atoms with Crippen LogP contribution in [-0.2, 0) is 29.1 Å². The van der Waals surface area contributed by atoms with Gasteiger partial charge in [-0.25, -0.2) is 17.6 Å². The topological polar surface area (TPSA) is 102 Å². The van der Waals surface area contributed by atoms with Crippen molar-refractivity contribution in [1.82, 2.24) is 4.31 Å². The van der Waals surface area contributed by atoms with Crippen molar-refractivity contribution >= 4 is 45.3 Å². The number of rotatable bonds is 7. The van der Waals surface area contributed by atoms with Crippen LogP contribution in [0.1, 0.15) is 12.5 Å². The highest BCUT2D eigenvalue weighted by Crippen LogP contribution is 2.23. The van der Waals surface area contributed by atoms with Gasteiger partial charge in [0.05, 0.1) is 28.8 Å². The maximum absolute atomic E-state index is 13.1. The molecule has 0 aliphatic carbocycles. The van der Waals surface area contributed by atoms with Crippen LogP contribution in [0.25, 0.3) is 6.08 Å². The van der Waals surface area contributed by atoms with Crippen LogP contribution in [0.3, 0.4) is 0 Å². The number of nitrogens with one attached hydrogen (secondary N) is 1. The zero-order valence-electron chi connectivity index (χ0n) is 17.7. The molecule has 0 radical (unpaired) electrons. The number of nitrogens with zero attached hydrogens (tertiary/aromatic N) is 1. The Morgan fingerprint density at radius 2 is 1.85 bits per heavy atom.